The van der Waals surface area contributed by atoms with Crippen molar-refractivity contribution in [2.45, 2.75) is 6.54 Å². The Hall–Kier alpha value is -1.09. The Kier molecular flexibility index (Phi) is 3.67. The molecule has 0 aliphatic rings. The van der Waals surface area contributed by atoms with Gasteiger partial charge in [-0.2, -0.15) is 0 Å². The average molecular weight is 270 g/mol. The number of hydrogen-bond donors (Lipinski definition) is 1. The zero-order valence-electron chi connectivity index (χ0n) is 8.88. The molecule has 1 nitrogen and oxygen atoms in total. The summed E-state index contributed by atoms with van der Waals surface area (Å²) in [7, 11) is 0. The maximum absolute atomic E-state index is 14.1. The zero-order valence-corrected chi connectivity index (χ0v) is 10.4. The maximum atomic E-state index is 14.1. The largest absolute Gasteiger partial charge is 0.326 e. The van der Waals surface area contributed by atoms with Gasteiger partial charge in [-0.1, -0.05) is 47.5 Å². The van der Waals surface area contributed by atoms with Gasteiger partial charge in [0.25, 0.3) is 0 Å². The average Bonchev–Trinajstić information content (AvgIpc) is 2.30. The van der Waals surface area contributed by atoms with Crippen molar-refractivity contribution in [1.29, 1.82) is 0 Å². The number of rotatable bonds is 2. The monoisotopic (exact) mass is 269 g/mol. The van der Waals surface area contributed by atoms with Gasteiger partial charge < -0.3 is 5.73 Å². The van der Waals surface area contributed by atoms with Gasteiger partial charge >= 0.3 is 0 Å². The molecule has 0 aliphatic carbocycles. The van der Waals surface area contributed by atoms with E-state index in [1.54, 1.807) is 36.4 Å². The Balaban J connectivity index is 2.60. The van der Waals surface area contributed by atoms with Crippen LogP contribution in [-0.4, -0.2) is 0 Å². The minimum absolute atomic E-state index is 0.158. The predicted molar refractivity (Wildman–Crippen MR) is 69.7 cm³/mol. The van der Waals surface area contributed by atoms with Crippen molar-refractivity contribution < 1.29 is 4.39 Å². The van der Waals surface area contributed by atoms with Gasteiger partial charge in [0.05, 0.1) is 0 Å². The van der Waals surface area contributed by atoms with E-state index in [1.807, 2.05) is 0 Å². The van der Waals surface area contributed by atoms with E-state index in [1.165, 1.54) is 0 Å². The van der Waals surface area contributed by atoms with Gasteiger partial charge in [-0.25, -0.2) is 4.39 Å². The third kappa shape index (κ3) is 2.44. The highest BCUT2D eigenvalue weighted by Crippen LogP contribution is 2.32. The molecule has 0 unspecified atom stereocenters. The molecule has 0 amide bonds. The summed E-state index contributed by atoms with van der Waals surface area (Å²) in [5.41, 5.74) is 6.99. The molecule has 0 spiro atoms. The van der Waals surface area contributed by atoms with Crippen LogP contribution in [0.25, 0.3) is 11.1 Å². The summed E-state index contributed by atoms with van der Waals surface area (Å²) < 4.78 is 14.1. The van der Waals surface area contributed by atoms with Crippen molar-refractivity contribution in [3.63, 3.8) is 0 Å². The summed E-state index contributed by atoms with van der Waals surface area (Å²) >= 11 is 11.9. The second kappa shape index (κ2) is 5.05. The molecule has 0 aromatic heterocycles. The first-order chi connectivity index (χ1) is 8.13. The zero-order chi connectivity index (χ0) is 12.4. The summed E-state index contributed by atoms with van der Waals surface area (Å²) in [6.07, 6.45) is 0. The maximum Gasteiger partial charge on any atom is 0.135 e. The lowest BCUT2D eigenvalue weighted by atomic mass is 10.0. The lowest BCUT2D eigenvalue weighted by molar-refractivity contribution is 0.614. The van der Waals surface area contributed by atoms with E-state index < -0.39 is 0 Å². The lowest BCUT2D eigenvalue weighted by Crippen LogP contribution is -2.01. The van der Waals surface area contributed by atoms with E-state index >= 15 is 0 Å². The summed E-state index contributed by atoms with van der Waals surface area (Å²) in [4.78, 5) is 0. The highest BCUT2D eigenvalue weighted by atomic mass is 35.5. The van der Waals surface area contributed by atoms with E-state index in [9.17, 15) is 4.39 Å². The molecule has 17 heavy (non-hydrogen) atoms. The van der Waals surface area contributed by atoms with Crippen molar-refractivity contribution in [3.05, 3.63) is 57.8 Å². The third-order valence-corrected chi connectivity index (χ3v) is 3.07. The van der Waals surface area contributed by atoms with Crippen LogP contribution in [0.2, 0.25) is 10.0 Å². The minimum atomic E-state index is -0.334. The van der Waals surface area contributed by atoms with E-state index in [2.05, 4.69) is 0 Å². The minimum Gasteiger partial charge on any atom is -0.326 e. The molecule has 0 fully saturated rings. The van der Waals surface area contributed by atoms with E-state index in [0.717, 1.165) is 0 Å². The number of halogens is 3. The van der Waals surface area contributed by atoms with Gasteiger partial charge in [0.1, 0.15) is 5.82 Å². The summed E-state index contributed by atoms with van der Waals surface area (Å²) in [6.45, 7) is 0.158. The Morgan fingerprint density at radius 2 is 1.82 bits per heavy atom. The first-order valence-electron chi connectivity index (χ1n) is 5.06. The van der Waals surface area contributed by atoms with Gasteiger partial charge in [-0.05, 0) is 12.1 Å². The molecule has 2 rings (SSSR count). The molecule has 0 radical (unpaired) electrons. The van der Waals surface area contributed by atoms with Gasteiger partial charge in [0, 0.05) is 33.3 Å². The molecule has 88 valence electrons. The fourth-order valence-electron chi connectivity index (χ4n) is 1.65. The van der Waals surface area contributed by atoms with E-state index in [0.29, 0.717) is 26.7 Å². The predicted octanol–water partition coefficient (Wildman–Crippen LogP) is 4.26. The van der Waals surface area contributed by atoms with Gasteiger partial charge in [0.2, 0.25) is 0 Å². The normalized spacial score (nSPS) is 10.6. The Morgan fingerprint density at radius 3 is 2.47 bits per heavy atom. The van der Waals surface area contributed by atoms with Crippen LogP contribution in [0.1, 0.15) is 5.56 Å². The van der Waals surface area contributed by atoms with E-state index in [-0.39, 0.29) is 12.4 Å². The highest BCUT2D eigenvalue weighted by Gasteiger charge is 2.11. The van der Waals surface area contributed by atoms with Gasteiger partial charge in [-0.15, -0.1) is 0 Å². The number of hydrogen-bond acceptors (Lipinski definition) is 1. The Labute approximate surface area is 109 Å². The summed E-state index contributed by atoms with van der Waals surface area (Å²) in [5, 5.41) is 0.944. The molecule has 0 bridgehead atoms. The smallest absolute Gasteiger partial charge is 0.135 e. The van der Waals surface area contributed by atoms with Crippen LogP contribution in [-0.2, 0) is 6.54 Å². The summed E-state index contributed by atoms with van der Waals surface area (Å²) in [5.74, 6) is -0.334. The van der Waals surface area contributed by atoms with Crippen molar-refractivity contribution in [2.24, 2.45) is 5.73 Å². The third-order valence-electron chi connectivity index (χ3n) is 2.52. The standard InChI is InChI=1S/C13H10Cl2FN/c14-9-4-5-10(12(15)6-9)11-3-1-2-8(7-17)13(11)16/h1-6H,7,17H2. The molecule has 0 heterocycles. The van der Waals surface area contributed by atoms with Crippen LogP contribution in [0.5, 0.6) is 0 Å². The number of nitrogens with two attached hydrogens (primary N) is 1. The van der Waals surface area contributed by atoms with Crippen molar-refractivity contribution >= 4 is 23.2 Å². The Bertz CT molecular complexity index is 555. The molecular weight excluding hydrogens is 260 g/mol. The number of benzene rings is 2. The Morgan fingerprint density at radius 1 is 1.06 bits per heavy atom. The second-order valence-electron chi connectivity index (χ2n) is 3.61. The van der Waals surface area contributed by atoms with Crippen molar-refractivity contribution in [1.82, 2.24) is 0 Å². The molecule has 2 aromatic rings. The quantitative estimate of drug-likeness (QED) is 0.866. The van der Waals surface area contributed by atoms with Crippen LogP contribution in [0.4, 0.5) is 4.39 Å². The molecular formula is C13H10Cl2FN. The molecule has 2 N–H and O–H groups in total. The van der Waals surface area contributed by atoms with Crippen molar-refractivity contribution in [2.75, 3.05) is 0 Å². The van der Waals surface area contributed by atoms with E-state index in [4.69, 9.17) is 28.9 Å². The van der Waals surface area contributed by atoms with Crippen molar-refractivity contribution in [3.8, 4) is 11.1 Å². The molecule has 0 atom stereocenters. The topological polar surface area (TPSA) is 26.0 Å². The van der Waals surface area contributed by atoms with Crippen LogP contribution >= 0.6 is 23.2 Å². The lowest BCUT2D eigenvalue weighted by Gasteiger charge is -2.09. The fraction of sp³-hybridized carbons (Fsp3) is 0.0769. The van der Waals surface area contributed by atoms with Gasteiger partial charge in [0.15, 0.2) is 0 Å². The first kappa shape index (κ1) is 12.4. The summed E-state index contributed by atoms with van der Waals surface area (Å²) in [6, 6.07) is 10.0. The molecule has 0 aliphatic heterocycles. The first-order valence-corrected chi connectivity index (χ1v) is 5.82. The molecule has 0 saturated carbocycles. The second-order valence-corrected chi connectivity index (χ2v) is 4.45. The molecule has 0 saturated heterocycles. The van der Waals surface area contributed by atoms with Crippen LogP contribution < -0.4 is 5.73 Å². The molecule has 4 heteroatoms. The van der Waals surface area contributed by atoms with Crippen LogP contribution in [0.15, 0.2) is 36.4 Å². The molecule has 2 aromatic carbocycles. The SMILES string of the molecule is NCc1cccc(-c2ccc(Cl)cc2Cl)c1F. The van der Waals surface area contributed by atoms with Crippen LogP contribution in [0, 0.1) is 5.82 Å². The van der Waals surface area contributed by atoms with Gasteiger partial charge in [-0.3, -0.25) is 0 Å². The highest BCUT2D eigenvalue weighted by molar-refractivity contribution is 6.36. The fourth-order valence-corrected chi connectivity index (χ4v) is 2.16. The van der Waals surface area contributed by atoms with Crippen LogP contribution in [0.3, 0.4) is 0 Å².